The molecular weight excluding hydrogens is 256 g/mol. The number of nitro groups is 1. The second-order valence-electron chi connectivity index (χ2n) is 5.82. The average Bonchev–Trinajstić information content (AvgIpc) is 2.90. The Bertz CT molecular complexity index is 518. The quantitative estimate of drug-likeness (QED) is 0.681. The van der Waals surface area contributed by atoms with E-state index in [-0.39, 0.29) is 12.3 Å². The molecule has 3 rings (SSSR count). The van der Waals surface area contributed by atoms with Gasteiger partial charge in [0.25, 0.3) is 5.69 Å². The van der Waals surface area contributed by atoms with Crippen LogP contribution in [0.15, 0.2) is 18.2 Å². The van der Waals surface area contributed by atoms with Crippen LogP contribution in [-0.2, 0) is 6.61 Å². The fraction of sp³-hybridized carbons (Fsp3) is 0.600. The minimum Gasteiger partial charge on any atom is -0.391 e. The number of aliphatic hydroxyl groups is 1. The Morgan fingerprint density at radius 2 is 2.10 bits per heavy atom. The summed E-state index contributed by atoms with van der Waals surface area (Å²) < 4.78 is 0. The molecule has 0 spiro atoms. The van der Waals surface area contributed by atoms with Gasteiger partial charge in [-0.1, -0.05) is 12.8 Å². The normalized spacial score (nSPS) is 25.6. The zero-order chi connectivity index (χ0) is 14.1. The standard InChI is InChI=1S/C15H20N2O3/c18-10-12-9-13(5-6-15(12)17(19)20)16-8-7-11-3-1-2-4-14(11)16/h5-6,9,11,14,18H,1-4,7-8,10H2. The van der Waals surface area contributed by atoms with Gasteiger partial charge >= 0.3 is 0 Å². The maximum atomic E-state index is 10.9. The Morgan fingerprint density at radius 3 is 2.85 bits per heavy atom. The van der Waals surface area contributed by atoms with Gasteiger partial charge in [-0.3, -0.25) is 10.1 Å². The van der Waals surface area contributed by atoms with Gasteiger partial charge in [0.1, 0.15) is 0 Å². The topological polar surface area (TPSA) is 66.6 Å². The van der Waals surface area contributed by atoms with Crippen LogP contribution in [0.25, 0.3) is 0 Å². The van der Waals surface area contributed by atoms with Crippen molar-refractivity contribution in [2.24, 2.45) is 5.92 Å². The minimum atomic E-state index is -0.428. The Labute approximate surface area is 118 Å². The number of hydrogen-bond donors (Lipinski definition) is 1. The van der Waals surface area contributed by atoms with Crippen LogP contribution < -0.4 is 4.90 Å². The molecule has 2 unspecified atom stereocenters. The summed E-state index contributed by atoms with van der Waals surface area (Å²) >= 11 is 0. The van der Waals surface area contributed by atoms with E-state index in [1.807, 2.05) is 6.07 Å². The van der Waals surface area contributed by atoms with E-state index in [1.54, 1.807) is 6.07 Å². The first-order valence-corrected chi connectivity index (χ1v) is 7.35. The van der Waals surface area contributed by atoms with Gasteiger partial charge < -0.3 is 10.0 Å². The largest absolute Gasteiger partial charge is 0.391 e. The molecule has 1 saturated heterocycles. The summed E-state index contributed by atoms with van der Waals surface area (Å²) in [6, 6.07) is 5.72. The number of benzene rings is 1. The molecule has 1 heterocycles. The average molecular weight is 276 g/mol. The van der Waals surface area contributed by atoms with Crippen molar-refractivity contribution < 1.29 is 10.0 Å². The van der Waals surface area contributed by atoms with Crippen LogP contribution >= 0.6 is 0 Å². The molecule has 1 aromatic carbocycles. The lowest BCUT2D eigenvalue weighted by atomic mass is 9.85. The lowest BCUT2D eigenvalue weighted by Crippen LogP contribution is -2.34. The Kier molecular flexibility index (Phi) is 3.61. The highest BCUT2D eigenvalue weighted by atomic mass is 16.6. The van der Waals surface area contributed by atoms with E-state index < -0.39 is 4.92 Å². The molecule has 1 aliphatic carbocycles. The number of rotatable bonds is 3. The first-order valence-electron chi connectivity index (χ1n) is 7.35. The van der Waals surface area contributed by atoms with Crippen molar-refractivity contribution in [3.05, 3.63) is 33.9 Å². The van der Waals surface area contributed by atoms with Crippen LogP contribution in [0.2, 0.25) is 0 Å². The third kappa shape index (κ3) is 2.26. The fourth-order valence-electron chi connectivity index (χ4n) is 3.78. The van der Waals surface area contributed by atoms with Crippen molar-refractivity contribution in [1.82, 2.24) is 0 Å². The van der Waals surface area contributed by atoms with E-state index in [0.29, 0.717) is 11.6 Å². The van der Waals surface area contributed by atoms with Crippen molar-refractivity contribution >= 4 is 11.4 Å². The minimum absolute atomic E-state index is 0.00985. The number of nitro benzene ring substituents is 1. The highest BCUT2D eigenvalue weighted by molar-refractivity contribution is 5.57. The highest BCUT2D eigenvalue weighted by Gasteiger charge is 2.36. The summed E-state index contributed by atoms with van der Waals surface area (Å²) in [5, 5.41) is 20.3. The van der Waals surface area contributed by atoms with Gasteiger partial charge in [0.15, 0.2) is 0 Å². The molecular formula is C15H20N2O3. The summed E-state index contributed by atoms with van der Waals surface area (Å²) in [5.41, 5.74) is 1.44. The van der Waals surface area contributed by atoms with Gasteiger partial charge in [-0.25, -0.2) is 0 Å². The van der Waals surface area contributed by atoms with Crippen molar-refractivity contribution in [3.63, 3.8) is 0 Å². The second kappa shape index (κ2) is 5.40. The first kappa shape index (κ1) is 13.4. The Balaban J connectivity index is 1.89. The first-order chi connectivity index (χ1) is 9.70. The molecule has 1 N–H and O–H groups in total. The number of fused-ring (bicyclic) bond motifs is 1. The van der Waals surface area contributed by atoms with E-state index in [9.17, 15) is 15.2 Å². The summed E-state index contributed by atoms with van der Waals surface area (Å²) in [6.45, 7) is 0.740. The third-order valence-electron chi connectivity index (χ3n) is 4.77. The van der Waals surface area contributed by atoms with Crippen LogP contribution in [0.5, 0.6) is 0 Å². The Morgan fingerprint density at radius 1 is 1.30 bits per heavy atom. The molecule has 0 amide bonds. The number of nitrogens with zero attached hydrogens (tertiary/aromatic N) is 2. The molecule has 1 aliphatic heterocycles. The number of aliphatic hydroxyl groups excluding tert-OH is 1. The molecule has 0 aromatic heterocycles. The van der Waals surface area contributed by atoms with Gasteiger partial charge in [0.05, 0.1) is 17.1 Å². The summed E-state index contributed by atoms with van der Waals surface area (Å²) in [4.78, 5) is 12.9. The number of hydrogen-bond acceptors (Lipinski definition) is 4. The van der Waals surface area contributed by atoms with E-state index >= 15 is 0 Å². The van der Waals surface area contributed by atoms with E-state index in [1.165, 1.54) is 38.2 Å². The summed E-state index contributed by atoms with van der Waals surface area (Å²) in [6.07, 6.45) is 6.35. The predicted octanol–water partition coefficient (Wildman–Crippen LogP) is 2.86. The Hall–Kier alpha value is -1.62. The SMILES string of the molecule is O=[N+]([O-])c1ccc(N2CCC3CCCCC32)cc1CO. The maximum absolute atomic E-state index is 10.9. The zero-order valence-corrected chi connectivity index (χ0v) is 11.5. The van der Waals surface area contributed by atoms with Crippen molar-refractivity contribution in [1.29, 1.82) is 0 Å². The van der Waals surface area contributed by atoms with Crippen LogP contribution in [0.1, 0.15) is 37.7 Å². The highest BCUT2D eigenvalue weighted by Crippen LogP contribution is 2.39. The molecule has 0 bridgehead atoms. The molecule has 2 atom stereocenters. The summed E-state index contributed by atoms with van der Waals surface area (Å²) in [7, 11) is 0. The van der Waals surface area contributed by atoms with Crippen molar-refractivity contribution in [2.75, 3.05) is 11.4 Å². The zero-order valence-electron chi connectivity index (χ0n) is 11.5. The van der Waals surface area contributed by atoms with Crippen molar-refractivity contribution in [3.8, 4) is 0 Å². The second-order valence-corrected chi connectivity index (χ2v) is 5.82. The number of anilines is 1. The van der Waals surface area contributed by atoms with E-state index in [0.717, 1.165) is 18.2 Å². The van der Waals surface area contributed by atoms with E-state index in [2.05, 4.69) is 4.90 Å². The monoisotopic (exact) mass is 276 g/mol. The van der Waals surface area contributed by atoms with Crippen LogP contribution in [0.3, 0.4) is 0 Å². The van der Waals surface area contributed by atoms with Gasteiger partial charge in [0.2, 0.25) is 0 Å². The smallest absolute Gasteiger partial charge is 0.275 e. The van der Waals surface area contributed by atoms with E-state index in [4.69, 9.17) is 0 Å². The fourth-order valence-corrected chi connectivity index (χ4v) is 3.78. The van der Waals surface area contributed by atoms with Gasteiger partial charge in [-0.05, 0) is 37.3 Å². The van der Waals surface area contributed by atoms with Gasteiger partial charge in [0, 0.05) is 24.3 Å². The molecule has 20 heavy (non-hydrogen) atoms. The van der Waals surface area contributed by atoms with Gasteiger partial charge in [-0.15, -0.1) is 0 Å². The lowest BCUT2D eigenvalue weighted by molar-refractivity contribution is -0.385. The maximum Gasteiger partial charge on any atom is 0.275 e. The van der Waals surface area contributed by atoms with Crippen LogP contribution in [0, 0.1) is 16.0 Å². The molecule has 5 nitrogen and oxygen atoms in total. The summed E-state index contributed by atoms with van der Waals surface area (Å²) in [5.74, 6) is 0.775. The van der Waals surface area contributed by atoms with Crippen LogP contribution in [0.4, 0.5) is 11.4 Å². The third-order valence-corrected chi connectivity index (χ3v) is 4.77. The van der Waals surface area contributed by atoms with Gasteiger partial charge in [-0.2, -0.15) is 0 Å². The molecule has 5 heteroatoms. The molecule has 2 fully saturated rings. The van der Waals surface area contributed by atoms with Crippen LogP contribution in [-0.4, -0.2) is 22.6 Å². The molecule has 0 radical (unpaired) electrons. The van der Waals surface area contributed by atoms with Crippen molar-refractivity contribution in [2.45, 2.75) is 44.8 Å². The lowest BCUT2D eigenvalue weighted by Gasteiger charge is -2.33. The molecule has 1 saturated carbocycles. The molecule has 1 aromatic rings. The predicted molar refractivity (Wildman–Crippen MR) is 76.7 cm³/mol. The molecule has 108 valence electrons. The molecule has 2 aliphatic rings.